The molecule has 100 valence electrons. The molecule has 1 aromatic heterocycles. The number of hydrogen-bond acceptors (Lipinski definition) is 2. The Morgan fingerprint density at radius 2 is 1.74 bits per heavy atom. The summed E-state index contributed by atoms with van der Waals surface area (Å²) in [6, 6.07) is 8.62. The fourth-order valence-electron chi connectivity index (χ4n) is 2.40. The second-order valence-electron chi connectivity index (χ2n) is 6.51. The summed E-state index contributed by atoms with van der Waals surface area (Å²) < 4.78 is 0. The lowest BCUT2D eigenvalue weighted by atomic mass is 9.85. The lowest BCUT2D eigenvalue weighted by Crippen LogP contribution is -2.10. The molecular formula is C16H21N3. The first-order valence-electron chi connectivity index (χ1n) is 7.07. The van der Waals surface area contributed by atoms with Crippen LogP contribution in [0.25, 0.3) is 11.4 Å². The monoisotopic (exact) mass is 255 g/mol. The maximum atomic E-state index is 4.28. The van der Waals surface area contributed by atoms with E-state index in [-0.39, 0.29) is 5.41 Å². The van der Waals surface area contributed by atoms with Crippen molar-refractivity contribution < 1.29 is 0 Å². The molecule has 0 spiro atoms. The summed E-state index contributed by atoms with van der Waals surface area (Å²) in [5, 5.41) is 8.56. The Hall–Kier alpha value is -1.64. The molecule has 0 unspecified atom stereocenters. The number of benzene rings is 1. The molecule has 1 saturated carbocycles. The molecule has 0 radical (unpaired) electrons. The first-order valence-corrected chi connectivity index (χ1v) is 7.07. The van der Waals surface area contributed by atoms with Crippen molar-refractivity contribution in [3.05, 3.63) is 35.7 Å². The minimum atomic E-state index is 0.192. The highest BCUT2D eigenvalue weighted by molar-refractivity contribution is 5.55. The van der Waals surface area contributed by atoms with Gasteiger partial charge in [0.25, 0.3) is 0 Å². The van der Waals surface area contributed by atoms with Crippen molar-refractivity contribution in [2.24, 2.45) is 0 Å². The average molecular weight is 255 g/mol. The molecule has 1 fully saturated rings. The van der Waals surface area contributed by atoms with Crippen LogP contribution in [0.2, 0.25) is 0 Å². The van der Waals surface area contributed by atoms with E-state index in [0.717, 1.165) is 17.2 Å². The van der Waals surface area contributed by atoms with Gasteiger partial charge in [-0.1, -0.05) is 51.5 Å². The zero-order valence-corrected chi connectivity index (χ0v) is 11.9. The summed E-state index contributed by atoms with van der Waals surface area (Å²) in [4.78, 5) is 3.37. The minimum absolute atomic E-state index is 0.192. The Balaban J connectivity index is 1.83. The second kappa shape index (κ2) is 4.48. The minimum Gasteiger partial charge on any atom is -0.325 e. The summed E-state index contributed by atoms with van der Waals surface area (Å²) in [5.41, 5.74) is 2.65. The van der Waals surface area contributed by atoms with E-state index in [1.165, 1.54) is 24.8 Å². The van der Waals surface area contributed by atoms with Gasteiger partial charge in [-0.25, -0.2) is 0 Å². The normalized spacial score (nSPS) is 16.4. The van der Waals surface area contributed by atoms with E-state index in [4.69, 9.17) is 0 Å². The van der Waals surface area contributed by atoms with E-state index in [0.29, 0.717) is 5.92 Å². The van der Waals surface area contributed by atoms with E-state index in [1.54, 1.807) is 0 Å². The number of aromatic amines is 1. The van der Waals surface area contributed by atoms with E-state index in [2.05, 4.69) is 60.2 Å². The van der Waals surface area contributed by atoms with Crippen LogP contribution in [0.15, 0.2) is 24.3 Å². The van der Waals surface area contributed by atoms with Crippen LogP contribution < -0.4 is 0 Å². The predicted octanol–water partition coefficient (Wildman–Crippen LogP) is 4.04. The molecule has 0 bridgehead atoms. The topological polar surface area (TPSA) is 41.6 Å². The van der Waals surface area contributed by atoms with Crippen molar-refractivity contribution in [3.63, 3.8) is 0 Å². The number of aromatic nitrogens is 3. The first kappa shape index (κ1) is 12.4. The molecule has 0 saturated heterocycles. The summed E-state index contributed by atoms with van der Waals surface area (Å²) in [5.74, 6) is 2.55. The van der Waals surface area contributed by atoms with Crippen LogP contribution in [-0.2, 0) is 5.41 Å². The van der Waals surface area contributed by atoms with E-state index >= 15 is 0 Å². The van der Waals surface area contributed by atoms with Gasteiger partial charge in [0, 0.05) is 11.5 Å². The highest BCUT2D eigenvalue weighted by Crippen LogP contribution is 2.35. The molecular weight excluding hydrogens is 234 g/mol. The number of rotatable bonds is 2. The Morgan fingerprint density at radius 1 is 1.05 bits per heavy atom. The zero-order valence-electron chi connectivity index (χ0n) is 11.9. The van der Waals surface area contributed by atoms with E-state index in [9.17, 15) is 0 Å². The molecule has 1 aromatic carbocycles. The van der Waals surface area contributed by atoms with Gasteiger partial charge in [-0.2, -0.15) is 0 Å². The summed E-state index contributed by atoms with van der Waals surface area (Å²) >= 11 is 0. The van der Waals surface area contributed by atoms with Gasteiger partial charge in [0.2, 0.25) is 0 Å². The Labute approximate surface area is 114 Å². The van der Waals surface area contributed by atoms with Crippen molar-refractivity contribution >= 4 is 0 Å². The van der Waals surface area contributed by atoms with Gasteiger partial charge in [0.1, 0.15) is 5.82 Å². The molecule has 0 aliphatic heterocycles. The molecule has 0 amide bonds. The van der Waals surface area contributed by atoms with Crippen LogP contribution in [0, 0.1) is 0 Å². The van der Waals surface area contributed by atoms with Crippen LogP contribution in [0.5, 0.6) is 0 Å². The number of nitrogens with zero attached hydrogens (tertiary/aromatic N) is 2. The van der Waals surface area contributed by atoms with Gasteiger partial charge in [0.05, 0.1) is 0 Å². The third-order valence-corrected chi connectivity index (χ3v) is 4.02. The molecule has 0 atom stereocenters. The van der Waals surface area contributed by atoms with Crippen LogP contribution >= 0.6 is 0 Å². The Bertz CT molecular complexity index is 556. The quantitative estimate of drug-likeness (QED) is 0.880. The van der Waals surface area contributed by atoms with Crippen LogP contribution in [0.3, 0.4) is 0 Å². The van der Waals surface area contributed by atoms with Gasteiger partial charge in [-0.15, -0.1) is 10.2 Å². The molecule has 2 aromatic rings. The Kier molecular flexibility index (Phi) is 2.92. The molecule has 19 heavy (non-hydrogen) atoms. The van der Waals surface area contributed by atoms with Crippen molar-refractivity contribution in [1.29, 1.82) is 0 Å². The number of nitrogens with one attached hydrogen (secondary N) is 1. The molecule has 1 aliphatic rings. The highest BCUT2D eigenvalue weighted by atomic mass is 15.2. The van der Waals surface area contributed by atoms with Crippen molar-refractivity contribution in [2.75, 3.05) is 0 Å². The fourth-order valence-corrected chi connectivity index (χ4v) is 2.40. The summed E-state index contributed by atoms with van der Waals surface area (Å²) in [7, 11) is 0. The molecule has 3 heteroatoms. The molecule has 1 N–H and O–H groups in total. The number of hydrogen-bond donors (Lipinski definition) is 1. The SMILES string of the molecule is CC(C)(C)c1ccc(-c2nnc(C3CCC3)[nH]2)cc1. The second-order valence-corrected chi connectivity index (χ2v) is 6.51. The van der Waals surface area contributed by atoms with Crippen LogP contribution in [0.1, 0.15) is 57.3 Å². The maximum absolute atomic E-state index is 4.28. The van der Waals surface area contributed by atoms with Crippen molar-refractivity contribution in [3.8, 4) is 11.4 Å². The standard InChI is InChI=1S/C16H21N3/c1-16(2,3)13-9-7-12(8-10-13)15-17-14(18-19-15)11-5-4-6-11/h7-11H,4-6H2,1-3H3,(H,17,18,19). The van der Waals surface area contributed by atoms with Crippen LogP contribution in [-0.4, -0.2) is 15.2 Å². The first-order chi connectivity index (χ1) is 9.04. The lowest BCUT2D eigenvalue weighted by molar-refractivity contribution is 0.402. The Morgan fingerprint density at radius 3 is 2.26 bits per heavy atom. The lowest BCUT2D eigenvalue weighted by Gasteiger charge is -2.22. The van der Waals surface area contributed by atoms with E-state index < -0.39 is 0 Å². The number of H-pyrrole nitrogens is 1. The molecule has 3 rings (SSSR count). The van der Waals surface area contributed by atoms with Gasteiger partial charge in [-0.05, 0) is 23.8 Å². The third kappa shape index (κ3) is 2.42. The smallest absolute Gasteiger partial charge is 0.161 e. The molecule has 3 nitrogen and oxygen atoms in total. The highest BCUT2D eigenvalue weighted by Gasteiger charge is 2.23. The third-order valence-electron chi connectivity index (χ3n) is 4.02. The zero-order chi connectivity index (χ0) is 13.5. The summed E-state index contributed by atoms with van der Waals surface area (Å²) in [6.07, 6.45) is 3.82. The fraction of sp³-hybridized carbons (Fsp3) is 0.500. The van der Waals surface area contributed by atoms with Gasteiger partial charge >= 0.3 is 0 Å². The van der Waals surface area contributed by atoms with Crippen molar-refractivity contribution in [1.82, 2.24) is 15.2 Å². The summed E-state index contributed by atoms with van der Waals surface area (Å²) in [6.45, 7) is 6.68. The molecule has 1 aliphatic carbocycles. The van der Waals surface area contributed by atoms with Gasteiger partial charge in [0.15, 0.2) is 5.82 Å². The van der Waals surface area contributed by atoms with Crippen LogP contribution in [0.4, 0.5) is 0 Å². The largest absolute Gasteiger partial charge is 0.325 e. The molecule has 1 heterocycles. The van der Waals surface area contributed by atoms with Crippen molar-refractivity contribution in [2.45, 2.75) is 51.4 Å². The maximum Gasteiger partial charge on any atom is 0.161 e. The predicted molar refractivity (Wildman–Crippen MR) is 77.1 cm³/mol. The van der Waals surface area contributed by atoms with Gasteiger partial charge < -0.3 is 4.98 Å². The van der Waals surface area contributed by atoms with Gasteiger partial charge in [-0.3, -0.25) is 0 Å². The average Bonchev–Trinajstić information content (AvgIpc) is 2.75. The van der Waals surface area contributed by atoms with E-state index in [1.807, 2.05) is 0 Å².